The van der Waals surface area contributed by atoms with Crippen molar-refractivity contribution in [3.63, 3.8) is 0 Å². The van der Waals surface area contributed by atoms with Gasteiger partial charge in [0.25, 0.3) is 0 Å². The van der Waals surface area contributed by atoms with Gasteiger partial charge in [0.15, 0.2) is 0 Å². The van der Waals surface area contributed by atoms with Gasteiger partial charge in [0, 0.05) is 32.5 Å². The first kappa shape index (κ1) is 18.4. The molecule has 2 aliphatic rings. The second kappa shape index (κ2) is 7.60. The van der Waals surface area contributed by atoms with Crippen LogP contribution in [-0.2, 0) is 6.54 Å². The minimum absolute atomic E-state index is 0.0640. The van der Waals surface area contributed by atoms with Gasteiger partial charge in [0.05, 0.1) is 0 Å². The van der Waals surface area contributed by atoms with Crippen molar-refractivity contribution in [3.05, 3.63) is 89.4 Å². The molecular weight excluding hydrogens is 351 g/mol. The Balaban J connectivity index is 1.57. The molecule has 2 atom stereocenters. The SMILES string of the molecule is Cc1cc(F)cc(C2N=C3C=CC=CN3C2NCc2ccc(N(C)C)cc2)c1. The molecule has 0 bridgehead atoms. The van der Waals surface area contributed by atoms with Crippen LogP contribution in [0.5, 0.6) is 0 Å². The summed E-state index contributed by atoms with van der Waals surface area (Å²) >= 11 is 0. The van der Waals surface area contributed by atoms with Crippen LogP contribution in [0.15, 0.2) is 71.9 Å². The van der Waals surface area contributed by atoms with E-state index in [1.54, 1.807) is 12.1 Å². The van der Waals surface area contributed by atoms with Gasteiger partial charge < -0.3 is 9.80 Å². The number of aryl methyl sites for hydroxylation is 1. The monoisotopic (exact) mass is 376 g/mol. The molecule has 0 saturated heterocycles. The minimum atomic E-state index is -0.218. The topological polar surface area (TPSA) is 30.9 Å². The van der Waals surface area contributed by atoms with Crippen LogP contribution >= 0.6 is 0 Å². The fourth-order valence-corrected chi connectivity index (χ4v) is 3.69. The number of nitrogens with zero attached hydrogens (tertiary/aromatic N) is 3. The number of hydrogen-bond donors (Lipinski definition) is 1. The van der Waals surface area contributed by atoms with Crippen molar-refractivity contribution in [3.8, 4) is 0 Å². The van der Waals surface area contributed by atoms with Crippen LogP contribution in [-0.4, -0.2) is 31.0 Å². The largest absolute Gasteiger partial charge is 0.378 e. The third kappa shape index (κ3) is 3.71. The highest BCUT2D eigenvalue weighted by Gasteiger charge is 2.35. The van der Waals surface area contributed by atoms with Gasteiger partial charge in [0.2, 0.25) is 0 Å². The number of fused-ring (bicyclic) bond motifs is 1. The number of rotatable bonds is 5. The highest BCUT2D eigenvalue weighted by atomic mass is 19.1. The molecule has 0 fully saturated rings. The molecule has 0 radical (unpaired) electrons. The van der Waals surface area contributed by atoms with Crippen molar-refractivity contribution in [2.75, 3.05) is 19.0 Å². The van der Waals surface area contributed by atoms with Gasteiger partial charge in [-0.05, 0) is 60.0 Å². The molecule has 2 aliphatic heterocycles. The molecule has 2 heterocycles. The lowest BCUT2D eigenvalue weighted by Crippen LogP contribution is -2.44. The van der Waals surface area contributed by atoms with Crippen molar-refractivity contribution in [1.82, 2.24) is 10.2 Å². The number of anilines is 1. The molecule has 0 aliphatic carbocycles. The van der Waals surface area contributed by atoms with E-state index in [1.165, 1.54) is 11.3 Å². The molecule has 0 spiro atoms. The van der Waals surface area contributed by atoms with Crippen molar-refractivity contribution in [1.29, 1.82) is 0 Å². The van der Waals surface area contributed by atoms with E-state index in [2.05, 4.69) is 39.4 Å². The zero-order valence-corrected chi connectivity index (χ0v) is 16.4. The van der Waals surface area contributed by atoms with Crippen LogP contribution in [0.25, 0.3) is 0 Å². The zero-order chi connectivity index (χ0) is 19.7. The van der Waals surface area contributed by atoms with Crippen molar-refractivity contribution in [2.24, 2.45) is 4.99 Å². The second-order valence-electron chi connectivity index (χ2n) is 7.49. The summed E-state index contributed by atoms with van der Waals surface area (Å²) in [7, 11) is 4.07. The Hall–Kier alpha value is -2.92. The zero-order valence-electron chi connectivity index (χ0n) is 16.4. The standard InChI is InChI=1S/C23H25FN4/c1-16-12-18(14-19(24)13-16)22-23(28-11-5-4-6-21(28)26-22)25-15-17-7-9-20(10-8-17)27(2)3/h4-14,22-23,25H,15H2,1-3H3. The first-order chi connectivity index (χ1) is 13.5. The fourth-order valence-electron chi connectivity index (χ4n) is 3.69. The smallest absolute Gasteiger partial charge is 0.129 e. The first-order valence-electron chi connectivity index (χ1n) is 9.49. The molecular formula is C23H25FN4. The van der Waals surface area contributed by atoms with E-state index in [4.69, 9.17) is 4.99 Å². The van der Waals surface area contributed by atoms with Crippen LogP contribution in [0.2, 0.25) is 0 Å². The lowest BCUT2D eigenvalue weighted by molar-refractivity contribution is 0.314. The normalized spacial score (nSPS) is 20.3. The maximum atomic E-state index is 14.0. The van der Waals surface area contributed by atoms with E-state index < -0.39 is 0 Å². The molecule has 1 N–H and O–H groups in total. The van der Waals surface area contributed by atoms with Gasteiger partial charge in [-0.25, -0.2) is 4.39 Å². The number of benzene rings is 2. The number of allylic oxidation sites excluding steroid dienone is 2. The Kier molecular flexibility index (Phi) is 5.01. The Morgan fingerprint density at radius 1 is 1.11 bits per heavy atom. The summed E-state index contributed by atoms with van der Waals surface area (Å²) < 4.78 is 14.0. The maximum absolute atomic E-state index is 14.0. The van der Waals surface area contributed by atoms with E-state index in [1.807, 2.05) is 51.5 Å². The Labute approximate surface area is 165 Å². The lowest BCUT2D eigenvalue weighted by atomic mass is 10.0. The number of amidine groups is 1. The molecule has 144 valence electrons. The number of hydrogen-bond acceptors (Lipinski definition) is 4. The molecule has 28 heavy (non-hydrogen) atoms. The Morgan fingerprint density at radius 3 is 2.61 bits per heavy atom. The van der Waals surface area contributed by atoms with E-state index in [9.17, 15) is 4.39 Å². The number of nitrogens with one attached hydrogen (secondary N) is 1. The Morgan fingerprint density at radius 2 is 1.89 bits per heavy atom. The third-order valence-corrected chi connectivity index (χ3v) is 5.11. The van der Waals surface area contributed by atoms with Gasteiger partial charge >= 0.3 is 0 Å². The molecule has 0 saturated carbocycles. The summed E-state index contributed by atoms with van der Waals surface area (Å²) in [6.45, 7) is 2.62. The predicted octanol–water partition coefficient (Wildman–Crippen LogP) is 4.15. The number of aliphatic imine (C=N–C) groups is 1. The average molecular weight is 376 g/mol. The molecule has 4 nitrogen and oxygen atoms in total. The first-order valence-corrected chi connectivity index (χ1v) is 9.49. The summed E-state index contributed by atoms with van der Waals surface area (Å²) in [4.78, 5) is 9.07. The van der Waals surface area contributed by atoms with Crippen LogP contribution in [0.4, 0.5) is 10.1 Å². The fraction of sp³-hybridized carbons (Fsp3) is 0.261. The summed E-state index contributed by atoms with van der Waals surface area (Å²) in [5.41, 5.74) is 4.17. The van der Waals surface area contributed by atoms with E-state index in [0.29, 0.717) is 6.54 Å². The van der Waals surface area contributed by atoms with Gasteiger partial charge in [-0.1, -0.05) is 24.3 Å². The van der Waals surface area contributed by atoms with Crippen LogP contribution in [0.3, 0.4) is 0 Å². The summed E-state index contributed by atoms with van der Waals surface area (Å²) in [6.07, 6.45) is 7.93. The maximum Gasteiger partial charge on any atom is 0.129 e. The van der Waals surface area contributed by atoms with Gasteiger partial charge in [-0.15, -0.1) is 0 Å². The summed E-state index contributed by atoms with van der Waals surface area (Å²) in [5, 5.41) is 3.62. The molecule has 5 heteroatoms. The van der Waals surface area contributed by atoms with Crippen molar-refractivity contribution >= 4 is 11.5 Å². The molecule has 2 unspecified atom stereocenters. The number of halogens is 1. The predicted molar refractivity (Wildman–Crippen MR) is 113 cm³/mol. The highest BCUT2D eigenvalue weighted by molar-refractivity contribution is 5.96. The van der Waals surface area contributed by atoms with Crippen molar-refractivity contribution < 1.29 is 4.39 Å². The lowest BCUT2D eigenvalue weighted by Gasteiger charge is -2.29. The molecule has 2 aromatic carbocycles. The van der Waals surface area contributed by atoms with E-state index in [-0.39, 0.29) is 18.0 Å². The molecule has 0 amide bonds. The van der Waals surface area contributed by atoms with Gasteiger partial charge in [-0.2, -0.15) is 0 Å². The minimum Gasteiger partial charge on any atom is -0.378 e. The quantitative estimate of drug-likeness (QED) is 0.850. The second-order valence-corrected chi connectivity index (χ2v) is 7.49. The van der Waals surface area contributed by atoms with Gasteiger partial charge in [0.1, 0.15) is 23.9 Å². The van der Waals surface area contributed by atoms with Crippen LogP contribution in [0.1, 0.15) is 22.7 Å². The summed E-state index contributed by atoms with van der Waals surface area (Å²) in [6, 6.07) is 13.5. The molecule has 2 aromatic rings. The van der Waals surface area contributed by atoms with E-state index in [0.717, 1.165) is 17.0 Å². The molecule has 0 aromatic heterocycles. The average Bonchev–Trinajstić information content (AvgIpc) is 3.04. The van der Waals surface area contributed by atoms with Crippen LogP contribution in [0, 0.1) is 12.7 Å². The summed E-state index contributed by atoms with van der Waals surface area (Å²) in [5.74, 6) is 0.680. The van der Waals surface area contributed by atoms with Crippen LogP contribution < -0.4 is 10.2 Å². The van der Waals surface area contributed by atoms with Gasteiger partial charge in [-0.3, -0.25) is 10.3 Å². The third-order valence-electron chi connectivity index (χ3n) is 5.11. The highest BCUT2D eigenvalue weighted by Crippen LogP contribution is 2.33. The van der Waals surface area contributed by atoms with E-state index >= 15 is 0 Å². The van der Waals surface area contributed by atoms with Crippen molar-refractivity contribution in [2.45, 2.75) is 25.7 Å². The molecule has 4 rings (SSSR count). The Bertz CT molecular complexity index is 923.